The second-order valence-electron chi connectivity index (χ2n) is 7.62. The van der Waals surface area contributed by atoms with Gasteiger partial charge in [0.2, 0.25) is 5.91 Å². The molecule has 1 amide bonds. The highest BCUT2D eigenvalue weighted by Gasteiger charge is 2.25. The van der Waals surface area contributed by atoms with Crippen LogP contribution in [0.4, 0.5) is 10.1 Å². The number of hydrogen-bond donors (Lipinski definition) is 1. The van der Waals surface area contributed by atoms with Gasteiger partial charge < -0.3 is 15.1 Å². The van der Waals surface area contributed by atoms with Crippen LogP contribution in [0.3, 0.4) is 0 Å². The number of likely N-dealkylation sites (tertiary alicyclic amines) is 2. The van der Waals surface area contributed by atoms with Crippen LogP contribution in [0.5, 0.6) is 0 Å². The zero-order valence-electron chi connectivity index (χ0n) is 15.2. The van der Waals surface area contributed by atoms with Crippen molar-refractivity contribution in [3.05, 3.63) is 30.1 Å². The number of amides is 1. The number of nitrogens with one attached hydrogen (secondary N) is 1. The van der Waals surface area contributed by atoms with E-state index < -0.39 is 0 Å². The number of carbonyl (C=O) groups excluding carboxylic acids is 1. The van der Waals surface area contributed by atoms with Gasteiger partial charge in [-0.2, -0.15) is 0 Å². The maximum atomic E-state index is 13.3. The highest BCUT2D eigenvalue weighted by molar-refractivity contribution is 5.76. The second-order valence-corrected chi connectivity index (χ2v) is 7.62. The Labute approximate surface area is 150 Å². The summed E-state index contributed by atoms with van der Waals surface area (Å²) in [5.74, 6) is 0.752. The number of nitrogens with zero attached hydrogens (tertiary/aromatic N) is 2. The first kappa shape index (κ1) is 18.2. The van der Waals surface area contributed by atoms with Crippen LogP contribution in [0, 0.1) is 11.7 Å². The van der Waals surface area contributed by atoms with Gasteiger partial charge in [0.1, 0.15) is 5.82 Å². The number of halogens is 1. The van der Waals surface area contributed by atoms with E-state index in [0.717, 1.165) is 51.1 Å². The van der Waals surface area contributed by atoms with Crippen molar-refractivity contribution in [2.45, 2.75) is 44.6 Å². The van der Waals surface area contributed by atoms with Crippen LogP contribution in [-0.2, 0) is 4.79 Å². The fourth-order valence-electron chi connectivity index (χ4n) is 3.97. The number of piperidine rings is 2. The van der Waals surface area contributed by atoms with Crippen LogP contribution in [0.25, 0.3) is 0 Å². The molecule has 2 aliphatic heterocycles. The zero-order chi connectivity index (χ0) is 17.6. The molecule has 4 nitrogen and oxygen atoms in total. The normalized spacial score (nSPS) is 22.8. The van der Waals surface area contributed by atoms with Crippen molar-refractivity contribution in [1.82, 2.24) is 9.80 Å². The van der Waals surface area contributed by atoms with E-state index in [1.54, 1.807) is 6.07 Å². The Morgan fingerprint density at radius 2 is 2.04 bits per heavy atom. The van der Waals surface area contributed by atoms with Crippen LogP contribution in [0.1, 0.15) is 38.5 Å². The molecule has 0 bridgehead atoms. The predicted molar refractivity (Wildman–Crippen MR) is 99.1 cm³/mol. The number of hydrogen-bond acceptors (Lipinski definition) is 3. The smallest absolute Gasteiger partial charge is 0.222 e. The van der Waals surface area contributed by atoms with Crippen molar-refractivity contribution in [2.24, 2.45) is 5.92 Å². The van der Waals surface area contributed by atoms with Gasteiger partial charge in [-0.25, -0.2) is 4.39 Å². The van der Waals surface area contributed by atoms with Crippen molar-refractivity contribution in [2.75, 3.05) is 38.5 Å². The molecule has 0 spiro atoms. The molecule has 138 valence electrons. The van der Waals surface area contributed by atoms with Gasteiger partial charge in [-0.15, -0.1) is 0 Å². The van der Waals surface area contributed by atoms with Crippen LogP contribution in [0.15, 0.2) is 24.3 Å². The van der Waals surface area contributed by atoms with Gasteiger partial charge in [0.25, 0.3) is 0 Å². The van der Waals surface area contributed by atoms with Crippen molar-refractivity contribution in [1.29, 1.82) is 0 Å². The third-order valence-corrected chi connectivity index (χ3v) is 5.57. The Morgan fingerprint density at radius 3 is 2.80 bits per heavy atom. The van der Waals surface area contributed by atoms with Gasteiger partial charge in [0.15, 0.2) is 0 Å². The summed E-state index contributed by atoms with van der Waals surface area (Å²) in [6.45, 7) is 3.89. The lowest BCUT2D eigenvalue weighted by atomic mass is 9.92. The van der Waals surface area contributed by atoms with E-state index in [1.165, 1.54) is 25.0 Å². The van der Waals surface area contributed by atoms with E-state index in [9.17, 15) is 9.18 Å². The summed E-state index contributed by atoms with van der Waals surface area (Å²) in [5.41, 5.74) is 0.797. The quantitative estimate of drug-likeness (QED) is 0.887. The van der Waals surface area contributed by atoms with E-state index >= 15 is 0 Å². The molecule has 25 heavy (non-hydrogen) atoms. The van der Waals surface area contributed by atoms with Crippen molar-refractivity contribution in [3.63, 3.8) is 0 Å². The summed E-state index contributed by atoms with van der Waals surface area (Å²) in [5, 5.41) is 3.38. The Morgan fingerprint density at radius 1 is 1.24 bits per heavy atom. The fourth-order valence-corrected chi connectivity index (χ4v) is 3.97. The van der Waals surface area contributed by atoms with E-state index in [2.05, 4.69) is 17.3 Å². The minimum Gasteiger partial charge on any atom is -0.380 e. The Balaban J connectivity index is 1.45. The summed E-state index contributed by atoms with van der Waals surface area (Å²) in [7, 11) is 2.17. The Hall–Kier alpha value is -1.62. The molecule has 2 fully saturated rings. The molecule has 0 saturated carbocycles. The molecule has 5 heteroatoms. The number of carbonyl (C=O) groups is 1. The lowest BCUT2D eigenvalue weighted by Gasteiger charge is -2.34. The molecule has 2 aliphatic rings. The lowest BCUT2D eigenvalue weighted by Crippen LogP contribution is -2.45. The van der Waals surface area contributed by atoms with Gasteiger partial charge in [-0.1, -0.05) is 6.07 Å². The number of benzene rings is 1. The molecule has 1 aromatic rings. The first-order valence-electron chi connectivity index (χ1n) is 9.58. The molecule has 2 saturated heterocycles. The predicted octanol–water partition coefficient (Wildman–Crippen LogP) is 3.35. The first-order valence-corrected chi connectivity index (χ1v) is 9.58. The zero-order valence-corrected chi connectivity index (χ0v) is 15.2. The molecule has 1 atom stereocenters. The van der Waals surface area contributed by atoms with Gasteiger partial charge in [0.05, 0.1) is 0 Å². The minimum absolute atomic E-state index is 0.211. The van der Waals surface area contributed by atoms with Crippen molar-refractivity contribution >= 4 is 11.6 Å². The largest absolute Gasteiger partial charge is 0.380 e. The average Bonchev–Trinajstić information content (AvgIpc) is 2.61. The van der Waals surface area contributed by atoms with E-state index in [-0.39, 0.29) is 17.8 Å². The highest BCUT2D eigenvalue weighted by Crippen LogP contribution is 2.23. The maximum Gasteiger partial charge on any atom is 0.222 e. The topological polar surface area (TPSA) is 35.6 Å². The van der Waals surface area contributed by atoms with Crippen LogP contribution in [-0.4, -0.2) is 55.0 Å². The molecule has 0 aromatic heterocycles. The average molecular weight is 347 g/mol. The molecule has 3 rings (SSSR count). The van der Waals surface area contributed by atoms with E-state index in [0.29, 0.717) is 12.3 Å². The summed E-state index contributed by atoms with van der Waals surface area (Å²) in [6.07, 6.45) is 6.15. The highest BCUT2D eigenvalue weighted by atomic mass is 19.1. The first-order chi connectivity index (χ1) is 12.1. The van der Waals surface area contributed by atoms with Gasteiger partial charge in [0, 0.05) is 31.2 Å². The van der Waals surface area contributed by atoms with Gasteiger partial charge in [-0.05, 0) is 76.4 Å². The van der Waals surface area contributed by atoms with Crippen molar-refractivity contribution < 1.29 is 9.18 Å². The third kappa shape index (κ3) is 5.43. The standard InChI is InChI=1S/C20H30FN3O/c1-23-12-9-16(10-13-23)7-8-20(25)24-11-3-6-19(15-24)22-18-5-2-4-17(21)14-18/h2,4-5,14,16,19,22H,3,6-13,15H2,1H3/t19-/m1/s1. The van der Waals surface area contributed by atoms with E-state index in [4.69, 9.17) is 0 Å². The number of rotatable bonds is 5. The molecule has 2 heterocycles. The van der Waals surface area contributed by atoms with Gasteiger partial charge in [-0.3, -0.25) is 4.79 Å². The lowest BCUT2D eigenvalue weighted by molar-refractivity contribution is -0.132. The summed E-state index contributed by atoms with van der Waals surface area (Å²) >= 11 is 0. The fraction of sp³-hybridized carbons (Fsp3) is 0.650. The molecule has 1 aromatic carbocycles. The number of anilines is 1. The van der Waals surface area contributed by atoms with Crippen LogP contribution in [0.2, 0.25) is 0 Å². The maximum absolute atomic E-state index is 13.3. The molecular formula is C20H30FN3O. The second kappa shape index (κ2) is 8.65. The third-order valence-electron chi connectivity index (χ3n) is 5.57. The Bertz CT molecular complexity index is 572. The molecule has 1 N–H and O–H groups in total. The van der Waals surface area contributed by atoms with Crippen LogP contribution >= 0.6 is 0 Å². The van der Waals surface area contributed by atoms with Crippen LogP contribution < -0.4 is 5.32 Å². The molecular weight excluding hydrogens is 317 g/mol. The summed E-state index contributed by atoms with van der Waals surface area (Å²) < 4.78 is 13.3. The summed E-state index contributed by atoms with van der Waals surface area (Å²) in [4.78, 5) is 16.9. The molecule has 0 unspecified atom stereocenters. The van der Waals surface area contributed by atoms with E-state index in [1.807, 2.05) is 11.0 Å². The minimum atomic E-state index is -0.230. The molecule has 0 radical (unpaired) electrons. The summed E-state index contributed by atoms with van der Waals surface area (Å²) in [6, 6.07) is 6.77. The SMILES string of the molecule is CN1CCC(CCC(=O)N2CCC[C@@H](Nc3cccc(F)c3)C2)CC1. The Kier molecular flexibility index (Phi) is 6.29. The monoisotopic (exact) mass is 347 g/mol. The van der Waals surface area contributed by atoms with Crippen molar-refractivity contribution in [3.8, 4) is 0 Å². The molecule has 0 aliphatic carbocycles. The van der Waals surface area contributed by atoms with Gasteiger partial charge >= 0.3 is 0 Å².